The second-order valence-electron chi connectivity index (χ2n) is 5.70. The Morgan fingerprint density at radius 2 is 2.12 bits per heavy atom. The molecule has 0 fully saturated rings. The van der Waals surface area contributed by atoms with E-state index >= 15 is 0 Å². The first-order valence-electron chi connectivity index (χ1n) is 8.59. The van der Waals surface area contributed by atoms with Crippen molar-refractivity contribution in [2.75, 3.05) is 13.1 Å². The summed E-state index contributed by atoms with van der Waals surface area (Å²) < 4.78 is 2.06. The van der Waals surface area contributed by atoms with Crippen molar-refractivity contribution < 1.29 is 0 Å². The van der Waals surface area contributed by atoms with Gasteiger partial charge in [-0.1, -0.05) is 6.92 Å². The van der Waals surface area contributed by atoms with Crippen molar-refractivity contribution in [2.45, 2.75) is 53.6 Å². The van der Waals surface area contributed by atoms with Crippen molar-refractivity contribution >= 4 is 17.3 Å². The minimum Gasteiger partial charge on any atom is -0.357 e. The van der Waals surface area contributed by atoms with Crippen LogP contribution in [0.2, 0.25) is 0 Å². The number of nitrogens with zero attached hydrogens (tertiary/aromatic N) is 4. The van der Waals surface area contributed by atoms with E-state index < -0.39 is 0 Å². The molecule has 0 aromatic carbocycles. The first-order chi connectivity index (χ1) is 11.6. The van der Waals surface area contributed by atoms with Crippen molar-refractivity contribution in [3.05, 3.63) is 33.5 Å². The molecule has 0 amide bonds. The van der Waals surface area contributed by atoms with Gasteiger partial charge in [-0.25, -0.2) is 9.98 Å². The van der Waals surface area contributed by atoms with Crippen molar-refractivity contribution in [1.29, 1.82) is 0 Å². The smallest absolute Gasteiger partial charge is 0.191 e. The van der Waals surface area contributed by atoms with Gasteiger partial charge in [-0.3, -0.25) is 4.68 Å². The maximum absolute atomic E-state index is 4.62. The Bertz CT molecular complexity index is 658. The number of aryl methyl sites for hydroxylation is 4. The predicted molar refractivity (Wildman–Crippen MR) is 101 cm³/mol. The second kappa shape index (κ2) is 9.42. The number of aliphatic imine (C=N–C) groups is 1. The average molecular weight is 349 g/mol. The van der Waals surface area contributed by atoms with Crippen molar-refractivity contribution in [3.63, 3.8) is 0 Å². The first-order valence-corrected chi connectivity index (χ1v) is 9.40. The fourth-order valence-corrected chi connectivity index (χ4v) is 3.20. The number of thiazole rings is 1. The standard InChI is InChI=1S/C17H28N6S/c1-5-15-11-20-16(24-15)12-21-17(18-6-2)19-8-7-9-23-14(4)10-13(3)22-23/h10-11H,5-9,12H2,1-4H3,(H2,18,19,21). The number of guanidine groups is 1. The van der Waals surface area contributed by atoms with Crippen LogP contribution in [0.25, 0.3) is 0 Å². The molecule has 0 saturated heterocycles. The minimum absolute atomic E-state index is 0.622. The highest BCUT2D eigenvalue weighted by Crippen LogP contribution is 2.13. The Morgan fingerprint density at radius 3 is 2.75 bits per heavy atom. The monoisotopic (exact) mass is 348 g/mol. The highest BCUT2D eigenvalue weighted by Gasteiger charge is 2.03. The van der Waals surface area contributed by atoms with Gasteiger partial charge in [0.05, 0.1) is 12.2 Å². The van der Waals surface area contributed by atoms with Gasteiger partial charge in [0.15, 0.2) is 5.96 Å². The molecule has 0 aliphatic heterocycles. The third-order valence-electron chi connectivity index (χ3n) is 3.61. The lowest BCUT2D eigenvalue weighted by atomic mass is 10.4. The summed E-state index contributed by atoms with van der Waals surface area (Å²) in [4.78, 5) is 10.3. The maximum Gasteiger partial charge on any atom is 0.191 e. The molecule has 6 nitrogen and oxygen atoms in total. The molecule has 0 spiro atoms. The van der Waals surface area contributed by atoms with E-state index in [0.29, 0.717) is 6.54 Å². The molecule has 0 bridgehead atoms. The fraction of sp³-hybridized carbons (Fsp3) is 0.588. The molecular formula is C17H28N6S. The van der Waals surface area contributed by atoms with E-state index in [1.807, 2.05) is 13.1 Å². The van der Waals surface area contributed by atoms with Crippen LogP contribution < -0.4 is 10.6 Å². The van der Waals surface area contributed by atoms with E-state index in [4.69, 9.17) is 0 Å². The lowest BCUT2D eigenvalue weighted by molar-refractivity contribution is 0.555. The summed E-state index contributed by atoms with van der Waals surface area (Å²) in [6.45, 7) is 11.6. The van der Waals surface area contributed by atoms with Crippen LogP contribution in [0.5, 0.6) is 0 Å². The molecule has 0 unspecified atom stereocenters. The molecule has 2 aromatic heterocycles. The Hall–Kier alpha value is -1.89. The molecule has 0 radical (unpaired) electrons. The minimum atomic E-state index is 0.622. The number of hydrogen-bond donors (Lipinski definition) is 2. The Labute approximate surface area is 148 Å². The Kier molecular flexibility index (Phi) is 7.24. The number of aromatic nitrogens is 3. The van der Waals surface area contributed by atoms with E-state index in [0.717, 1.165) is 49.1 Å². The summed E-state index contributed by atoms with van der Waals surface area (Å²) in [7, 11) is 0. The van der Waals surface area contributed by atoms with Crippen molar-refractivity contribution in [2.24, 2.45) is 4.99 Å². The summed E-state index contributed by atoms with van der Waals surface area (Å²) in [5.41, 5.74) is 2.29. The maximum atomic E-state index is 4.62. The third-order valence-corrected chi connectivity index (χ3v) is 4.74. The molecule has 132 valence electrons. The van der Waals surface area contributed by atoms with Gasteiger partial charge >= 0.3 is 0 Å². The molecule has 0 aliphatic carbocycles. The van der Waals surface area contributed by atoms with Gasteiger partial charge in [-0.15, -0.1) is 11.3 Å². The average Bonchev–Trinajstić information content (AvgIpc) is 3.15. The molecule has 0 saturated carbocycles. The predicted octanol–water partition coefficient (Wildman–Crippen LogP) is 2.66. The quantitative estimate of drug-likeness (QED) is 0.437. The molecule has 2 heterocycles. The Balaban J connectivity index is 1.79. The molecule has 0 aliphatic rings. The van der Waals surface area contributed by atoms with Gasteiger partial charge < -0.3 is 10.6 Å². The van der Waals surface area contributed by atoms with E-state index in [2.05, 4.69) is 57.2 Å². The first kappa shape index (κ1) is 18.4. The zero-order valence-electron chi connectivity index (χ0n) is 15.1. The van der Waals surface area contributed by atoms with Crippen LogP contribution in [0.1, 0.15) is 41.5 Å². The zero-order chi connectivity index (χ0) is 17.4. The van der Waals surface area contributed by atoms with Crippen LogP contribution in [0.15, 0.2) is 17.3 Å². The number of nitrogens with one attached hydrogen (secondary N) is 2. The van der Waals surface area contributed by atoms with Gasteiger partial charge in [0.2, 0.25) is 0 Å². The van der Waals surface area contributed by atoms with E-state index in [1.165, 1.54) is 10.6 Å². The third kappa shape index (κ3) is 5.63. The van der Waals surface area contributed by atoms with Gasteiger partial charge in [0.25, 0.3) is 0 Å². The Morgan fingerprint density at radius 1 is 1.29 bits per heavy atom. The molecule has 2 N–H and O–H groups in total. The van der Waals surface area contributed by atoms with Crippen molar-refractivity contribution in [1.82, 2.24) is 25.4 Å². The molecular weight excluding hydrogens is 320 g/mol. The normalized spacial score (nSPS) is 11.8. The molecule has 2 aromatic rings. The van der Waals surface area contributed by atoms with Crippen LogP contribution in [0.3, 0.4) is 0 Å². The molecule has 7 heteroatoms. The van der Waals surface area contributed by atoms with Crippen LogP contribution in [0, 0.1) is 13.8 Å². The topological polar surface area (TPSA) is 67.1 Å². The van der Waals surface area contributed by atoms with Crippen LogP contribution in [-0.4, -0.2) is 33.8 Å². The lowest BCUT2D eigenvalue weighted by Gasteiger charge is -2.11. The van der Waals surface area contributed by atoms with Gasteiger partial charge in [0.1, 0.15) is 5.01 Å². The second-order valence-corrected chi connectivity index (χ2v) is 6.90. The largest absolute Gasteiger partial charge is 0.357 e. The van der Waals surface area contributed by atoms with Gasteiger partial charge in [-0.05, 0) is 39.7 Å². The van der Waals surface area contributed by atoms with Crippen LogP contribution >= 0.6 is 11.3 Å². The van der Waals surface area contributed by atoms with Crippen LogP contribution in [-0.2, 0) is 19.5 Å². The molecule has 24 heavy (non-hydrogen) atoms. The van der Waals surface area contributed by atoms with Crippen LogP contribution in [0.4, 0.5) is 0 Å². The fourth-order valence-electron chi connectivity index (χ4n) is 2.41. The number of rotatable bonds is 8. The van der Waals surface area contributed by atoms with E-state index in [1.54, 1.807) is 11.3 Å². The zero-order valence-corrected chi connectivity index (χ0v) is 15.9. The van der Waals surface area contributed by atoms with Crippen molar-refractivity contribution in [3.8, 4) is 0 Å². The molecule has 0 atom stereocenters. The SMILES string of the molecule is CCNC(=NCc1ncc(CC)s1)NCCCn1nc(C)cc1C. The van der Waals surface area contributed by atoms with E-state index in [-0.39, 0.29) is 0 Å². The lowest BCUT2D eigenvalue weighted by Crippen LogP contribution is -2.38. The van der Waals surface area contributed by atoms with Gasteiger partial charge in [-0.2, -0.15) is 5.10 Å². The van der Waals surface area contributed by atoms with Gasteiger partial charge in [0, 0.05) is 36.4 Å². The summed E-state index contributed by atoms with van der Waals surface area (Å²) in [6, 6.07) is 2.11. The summed E-state index contributed by atoms with van der Waals surface area (Å²) >= 11 is 1.74. The summed E-state index contributed by atoms with van der Waals surface area (Å²) in [5.74, 6) is 0.846. The number of hydrogen-bond acceptors (Lipinski definition) is 4. The summed E-state index contributed by atoms with van der Waals surface area (Å²) in [6.07, 6.45) is 3.99. The highest BCUT2D eigenvalue weighted by atomic mass is 32.1. The highest BCUT2D eigenvalue weighted by molar-refractivity contribution is 7.11. The summed E-state index contributed by atoms with van der Waals surface area (Å²) in [5, 5.41) is 12.2. The van der Waals surface area contributed by atoms with E-state index in [9.17, 15) is 0 Å². The molecule has 2 rings (SSSR count).